The number of benzene rings is 2. The van der Waals surface area contributed by atoms with E-state index in [-0.39, 0.29) is 16.3 Å². The molecule has 0 aliphatic heterocycles. The van der Waals surface area contributed by atoms with Gasteiger partial charge < -0.3 is 4.74 Å². The van der Waals surface area contributed by atoms with Crippen LogP contribution in [-0.2, 0) is 16.4 Å². The van der Waals surface area contributed by atoms with E-state index >= 15 is 0 Å². The van der Waals surface area contributed by atoms with E-state index in [1.807, 2.05) is 30.3 Å². The molecule has 1 heterocycles. The molecule has 6 nitrogen and oxygen atoms in total. The summed E-state index contributed by atoms with van der Waals surface area (Å²) in [6, 6.07) is 13.4. The molecule has 0 aliphatic rings. The number of rotatable bonds is 7. The quantitative estimate of drug-likeness (QED) is 0.620. The predicted octanol–water partition coefficient (Wildman–Crippen LogP) is 4.02. The lowest BCUT2D eigenvalue weighted by atomic mass is 10.0. The zero-order valence-corrected chi connectivity index (χ0v) is 16.1. The molecule has 0 spiro atoms. The Bertz CT molecular complexity index is 1050. The van der Waals surface area contributed by atoms with Gasteiger partial charge in [-0.25, -0.2) is 8.42 Å². The number of aryl methyl sites for hydroxylation is 2. The lowest BCUT2D eigenvalue weighted by Crippen LogP contribution is -2.15. The first-order chi connectivity index (χ1) is 13.3. The number of ether oxygens (including phenoxy) is 1. The Morgan fingerprint density at radius 1 is 1.14 bits per heavy atom. The maximum Gasteiger partial charge on any atom is 0.387 e. The molecule has 148 valence electrons. The second-order valence-electron chi connectivity index (χ2n) is 6.23. The fourth-order valence-electron chi connectivity index (χ4n) is 2.95. The minimum Gasteiger partial charge on any atom is -0.435 e. The number of hydrogen-bond acceptors (Lipinski definition) is 4. The van der Waals surface area contributed by atoms with Crippen molar-refractivity contribution < 1.29 is 21.9 Å². The first-order valence-electron chi connectivity index (χ1n) is 8.42. The zero-order chi connectivity index (χ0) is 20.3. The second kappa shape index (κ2) is 7.97. The number of halogens is 2. The molecule has 0 saturated carbocycles. The van der Waals surface area contributed by atoms with Gasteiger partial charge in [-0.15, -0.1) is 0 Å². The van der Waals surface area contributed by atoms with Gasteiger partial charge in [0, 0.05) is 17.7 Å². The SMILES string of the molecule is Cc1n[nH]c(C)c1S(=O)(=O)Nc1ccc(OC(F)F)c(Cc2ccccc2)c1. The van der Waals surface area contributed by atoms with Crippen molar-refractivity contribution in [2.45, 2.75) is 31.8 Å². The summed E-state index contributed by atoms with van der Waals surface area (Å²) in [4.78, 5) is 0.0602. The minimum absolute atomic E-state index is 0.00234. The third-order valence-electron chi connectivity index (χ3n) is 4.10. The van der Waals surface area contributed by atoms with Crippen molar-refractivity contribution in [3.05, 3.63) is 71.0 Å². The van der Waals surface area contributed by atoms with Gasteiger partial charge in [-0.3, -0.25) is 9.82 Å². The topological polar surface area (TPSA) is 84.1 Å². The molecule has 0 bridgehead atoms. The molecule has 0 amide bonds. The largest absolute Gasteiger partial charge is 0.435 e. The van der Waals surface area contributed by atoms with E-state index in [1.165, 1.54) is 18.2 Å². The molecule has 0 saturated heterocycles. The van der Waals surface area contributed by atoms with Gasteiger partial charge in [-0.05, 0) is 37.6 Å². The number of nitrogens with zero attached hydrogens (tertiary/aromatic N) is 1. The van der Waals surface area contributed by atoms with Crippen LogP contribution in [-0.4, -0.2) is 25.2 Å². The number of hydrogen-bond donors (Lipinski definition) is 2. The van der Waals surface area contributed by atoms with Gasteiger partial charge >= 0.3 is 6.61 Å². The number of aromatic nitrogens is 2. The van der Waals surface area contributed by atoms with Crippen LogP contribution >= 0.6 is 0 Å². The lowest BCUT2D eigenvalue weighted by molar-refractivity contribution is -0.0503. The molecule has 0 fully saturated rings. The van der Waals surface area contributed by atoms with Crippen LogP contribution in [0.1, 0.15) is 22.5 Å². The Balaban J connectivity index is 1.95. The van der Waals surface area contributed by atoms with Crippen LogP contribution in [0.2, 0.25) is 0 Å². The molecular formula is C19H19F2N3O3S. The number of H-pyrrole nitrogens is 1. The van der Waals surface area contributed by atoms with Gasteiger partial charge in [0.15, 0.2) is 0 Å². The van der Waals surface area contributed by atoms with E-state index in [4.69, 9.17) is 0 Å². The number of sulfonamides is 1. The summed E-state index contributed by atoms with van der Waals surface area (Å²) in [5, 5.41) is 6.53. The maximum absolute atomic E-state index is 12.7. The molecule has 0 radical (unpaired) electrons. The summed E-state index contributed by atoms with van der Waals surface area (Å²) in [5.74, 6) is -0.00234. The Hall–Kier alpha value is -2.94. The maximum atomic E-state index is 12.7. The molecule has 0 atom stereocenters. The normalized spacial score (nSPS) is 11.6. The minimum atomic E-state index is -3.89. The molecule has 1 aromatic heterocycles. The van der Waals surface area contributed by atoms with E-state index < -0.39 is 16.6 Å². The zero-order valence-electron chi connectivity index (χ0n) is 15.2. The highest BCUT2D eigenvalue weighted by Crippen LogP contribution is 2.29. The summed E-state index contributed by atoms with van der Waals surface area (Å²) in [6.45, 7) is 0.210. The standard InChI is InChI=1S/C19H19F2N3O3S/c1-12-18(13(2)23-22-12)28(25,26)24-16-8-9-17(27-19(20)21)15(11-16)10-14-6-4-3-5-7-14/h3-9,11,19,24H,10H2,1-2H3,(H,22,23). The molecule has 28 heavy (non-hydrogen) atoms. The highest BCUT2D eigenvalue weighted by Gasteiger charge is 2.23. The van der Waals surface area contributed by atoms with Gasteiger partial charge in [0.2, 0.25) is 0 Å². The van der Waals surface area contributed by atoms with Crippen molar-refractivity contribution in [3.63, 3.8) is 0 Å². The van der Waals surface area contributed by atoms with Gasteiger partial charge in [-0.1, -0.05) is 30.3 Å². The molecular weight excluding hydrogens is 388 g/mol. The van der Waals surface area contributed by atoms with Crippen molar-refractivity contribution in [2.24, 2.45) is 0 Å². The average molecular weight is 407 g/mol. The van der Waals surface area contributed by atoms with E-state index in [0.29, 0.717) is 23.4 Å². The monoisotopic (exact) mass is 407 g/mol. The van der Waals surface area contributed by atoms with Crippen LogP contribution < -0.4 is 9.46 Å². The summed E-state index contributed by atoms with van der Waals surface area (Å²) < 4.78 is 58.0. The number of aromatic amines is 1. The van der Waals surface area contributed by atoms with Gasteiger partial charge in [0.25, 0.3) is 10.0 Å². The van der Waals surface area contributed by atoms with Gasteiger partial charge in [0.1, 0.15) is 10.6 Å². The Labute approximate surface area is 161 Å². The van der Waals surface area contributed by atoms with Crippen LogP contribution in [0.3, 0.4) is 0 Å². The first-order valence-corrected chi connectivity index (χ1v) is 9.90. The third kappa shape index (κ3) is 4.48. The van der Waals surface area contributed by atoms with Crippen molar-refractivity contribution in [2.75, 3.05) is 4.72 Å². The summed E-state index contributed by atoms with van der Waals surface area (Å²) in [7, 11) is -3.89. The average Bonchev–Trinajstić information content (AvgIpc) is 2.97. The molecule has 9 heteroatoms. The Kier molecular flexibility index (Phi) is 5.64. The highest BCUT2D eigenvalue weighted by molar-refractivity contribution is 7.92. The van der Waals surface area contributed by atoms with Crippen LogP contribution in [0.15, 0.2) is 53.4 Å². The highest BCUT2D eigenvalue weighted by atomic mass is 32.2. The van der Waals surface area contributed by atoms with E-state index in [1.54, 1.807) is 13.8 Å². The van der Waals surface area contributed by atoms with Crippen molar-refractivity contribution in [3.8, 4) is 5.75 Å². The molecule has 3 rings (SSSR count). The van der Waals surface area contributed by atoms with E-state index in [9.17, 15) is 17.2 Å². The molecule has 2 aromatic carbocycles. The smallest absolute Gasteiger partial charge is 0.387 e. The lowest BCUT2D eigenvalue weighted by Gasteiger charge is -2.14. The molecule has 0 aliphatic carbocycles. The molecule has 0 unspecified atom stereocenters. The Morgan fingerprint density at radius 2 is 1.86 bits per heavy atom. The fraction of sp³-hybridized carbons (Fsp3) is 0.211. The number of alkyl halides is 2. The van der Waals surface area contributed by atoms with Crippen molar-refractivity contribution in [1.82, 2.24) is 10.2 Å². The second-order valence-corrected chi connectivity index (χ2v) is 7.85. The third-order valence-corrected chi connectivity index (χ3v) is 5.74. The number of nitrogens with one attached hydrogen (secondary N) is 2. The summed E-state index contributed by atoms with van der Waals surface area (Å²) in [6.07, 6.45) is 0.308. The Morgan fingerprint density at radius 3 is 2.46 bits per heavy atom. The van der Waals surface area contributed by atoms with Crippen molar-refractivity contribution >= 4 is 15.7 Å². The van der Waals surface area contributed by atoms with Crippen LogP contribution in [0.25, 0.3) is 0 Å². The van der Waals surface area contributed by atoms with Crippen molar-refractivity contribution in [1.29, 1.82) is 0 Å². The van der Waals surface area contributed by atoms with Crippen LogP contribution in [0, 0.1) is 13.8 Å². The first kappa shape index (κ1) is 19.8. The number of anilines is 1. The van der Waals surface area contributed by atoms with Gasteiger partial charge in [-0.2, -0.15) is 13.9 Å². The summed E-state index contributed by atoms with van der Waals surface area (Å²) in [5.41, 5.74) is 2.31. The molecule has 3 aromatic rings. The van der Waals surface area contributed by atoms with Crippen LogP contribution in [0.4, 0.5) is 14.5 Å². The summed E-state index contributed by atoms with van der Waals surface area (Å²) >= 11 is 0. The predicted molar refractivity (Wildman–Crippen MR) is 101 cm³/mol. The fourth-order valence-corrected chi connectivity index (χ4v) is 4.37. The van der Waals surface area contributed by atoms with Gasteiger partial charge in [0.05, 0.1) is 11.4 Å². The van der Waals surface area contributed by atoms with E-state index in [2.05, 4.69) is 19.7 Å². The molecule has 2 N–H and O–H groups in total. The van der Waals surface area contributed by atoms with Crippen LogP contribution in [0.5, 0.6) is 5.75 Å². The van der Waals surface area contributed by atoms with E-state index in [0.717, 1.165) is 5.56 Å².